The third-order valence-electron chi connectivity index (χ3n) is 4.02. The standard InChI is InChI=1S/C17H16Cl2N2O5/c1-17(13-6-3-7-25-13)15(23)21(16(24)20-17)8-10(22)9-26-14-11(18)4-2-5-12(14)19/h2-7,10,22H,8-9H2,1H3,(H,20,24). The highest BCUT2D eigenvalue weighted by molar-refractivity contribution is 6.37. The van der Waals surface area contributed by atoms with Crippen molar-refractivity contribution < 1.29 is 23.8 Å². The summed E-state index contributed by atoms with van der Waals surface area (Å²) in [5.41, 5.74) is -1.31. The first-order valence-corrected chi connectivity index (χ1v) is 8.51. The van der Waals surface area contributed by atoms with E-state index in [-0.39, 0.29) is 18.9 Å². The van der Waals surface area contributed by atoms with Crippen molar-refractivity contribution in [2.45, 2.75) is 18.6 Å². The Morgan fingerprint density at radius 3 is 2.58 bits per heavy atom. The van der Waals surface area contributed by atoms with Crippen LogP contribution in [0, 0.1) is 0 Å². The van der Waals surface area contributed by atoms with E-state index in [9.17, 15) is 14.7 Å². The Morgan fingerprint density at radius 2 is 1.96 bits per heavy atom. The fraction of sp³-hybridized carbons (Fsp3) is 0.294. The van der Waals surface area contributed by atoms with Crippen LogP contribution in [-0.4, -0.2) is 41.2 Å². The lowest BCUT2D eigenvalue weighted by Gasteiger charge is -2.21. The second-order valence-electron chi connectivity index (χ2n) is 5.96. The number of hydrogen-bond acceptors (Lipinski definition) is 5. The van der Waals surface area contributed by atoms with Crippen molar-refractivity contribution in [2.75, 3.05) is 13.2 Å². The fourth-order valence-corrected chi connectivity index (χ4v) is 3.16. The van der Waals surface area contributed by atoms with E-state index in [1.165, 1.54) is 6.26 Å². The maximum Gasteiger partial charge on any atom is 0.325 e. The lowest BCUT2D eigenvalue weighted by atomic mass is 9.99. The van der Waals surface area contributed by atoms with Gasteiger partial charge in [-0.2, -0.15) is 0 Å². The number of imide groups is 1. The van der Waals surface area contributed by atoms with Crippen molar-refractivity contribution in [3.63, 3.8) is 0 Å². The van der Waals surface area contributed by atoms with Crippen LogP contribution in [0.2, 0.25) is 10.0 Å². The highest BCUT2D eigenvalue weighted by atomic mass is 35.5. The van der Waals surface area contributed by atoms with Gasteiger partial charge < -0.3 is 19.6 Å². The molecule has 1 fully saturated rings. The molecular formula is C17H16Cl2N2O5. The van der Waals surface area contributed by atoms with Crippen LogP contribution in [0.3, 0.4) is 0 Å². The topological polar surface area (TPSA) is 92.0 Å². The summed E-state index contributed by atoms with van der Waals surface area (Å²) >= 11 is 12.0. The van der Waals surface area contributed by atoms with Gasteiger partial charge >= 0.3 is 6.03 Å². The Balaban J connectivity index is 1.65. The van der Waals surface area contributed by atoms with Crippen LogP contribution in [0.25, 0.3) is 0 Å². The molecule has 1 aliphatic heterocycles. The minimum atomic E-state index is -1.31. The smallest absolute Gasteiger partial charge is 0.325 e. The van der Waals surface area contributed by atoms with Crippen LogP contribution in [0.15, 0.2) is 41.0 Å². The Morgan fingerprint density at radius 1 is 1.27 bits per heavy atom. The molecule has 2 atom stereocenters. The first-order valence-electron chi connectivity index (χ1n) is 7.76. The van der Waals surface area contributed by atoms with Crippen LogP contribution < -0.4 is 10.1 Å². The number of benzene rings is 1. The third kappa shape index (κ3) is 3.38. The summed E-state index contributed by atoms with van der Waals surface area (Å²) in [6, 6.07) is 7.46. The summed E-state index contributed by atoms with van der Waals surface area (Å²) in [7, 11) is 0. The molecule has 2 heterocycles. The molecular weight excluding hydrogens is 383 g/mol. The minimum Gasteiger partial charge on any atom is -0.488 e. The second-order valence-corrected chi connectivity index (χ2v) is 6.78. The Kier molecular flexibility index (Phi) is 5.13. The number of carbonyl (C=O) groups is 2. The zero-order valence-electron chi connectivity index (χ0n) is 13.7. The van der Waals surface area contributed by atoms with Gasteiger partial charge in [0, 0.05) is 0 Å². The van der Waals surface area contributed by atoms with Gasteiger partial charge in [-0.3, -0.25) is 9.69 Å². The van der Waals surface area contributed by atoms with E-state index in [1.807, 2.05) is 0 Å². The lowest BCUT2D eigenvalue weighted by Crippen LogP contribution is -2.42. The van der Waals surface area contributed by atoms with Crippen LogP contribution >= 0.6 is 23.2 Å². The summed E-state index contributed by atoms with van der Waals surface area (Å²) in [5.74, 6) is 0.0201. The molecule has 2 N–H and O–H groups in total. The molecule has 3 amide bonds. The Hall–Kier alpha value is -2.22. The number of para-hydroxylation sites is 1. The average Bonchev–Trinajstić information content (AvgIpc) is 3.19. The number of aliphatic hydroxyl groups is 1. The zero-order chi connectivity index (χ0) is 18.9. The molecule has 0 spiro atoms. The number of furan rings is 1. The van der Waals surface area contributed by atoms with Gasteiger partial charge in [0.15, 0.2) is 11.3 Å². The number of ether oxygens (including phenoxy) is 1. The number of aliphatic hydroxyl groups excluding tert-OH is 1. The summed E-state index contributed by atoms with van der Waals surface area (Å²) in [5, 5.41) is 13.4. The molecule has 0 bridgehead atoms. The minimum absolute atomic E-state index is 0.196. The van der Waals surface area contributed by atoms with Gasteiger partial charge in [0.25, 0.3) is 5.91 Å². The largest absolute Gasteiger partial charge is 0.488 e. The second kappa shape index (κ2) is 7.19. The van der Waals surface area contributed by atoms with Crippen LogP contribution in [0.1, 0.15) is 12.7 Å². The van der Waals surface area contributed by atoms with E-state index in [0.29, 0.717) is 15.8 Å². The molecule has 9 heteroatoms. The third-order valence-corrected chi connectivity index (χ3v) is 4.62. The van der Waals surface area contributed by atoms with Crippen molar-refractivity contribution in [3.05, 3.63) is 52.4 Å². The van der Waals surface area contributed by atoms with Gasteiger partial charge in [-0.25, -0.2) is 4.79 Å². The molecule has 1 saturated heterocycles. The Bertz CT molecular complexity index is 806. The predicted octanol–water partition coefficient (Wildman–Crippen LogP) is 2.79. The van der Waals surface area contributed by atoms with Gasteiger partial charge in [0.2, 0.25) is 0 Å². The normalized spacial score (nSPS) is 21.0. The number of nitrogens with zero attached hydrogens (tertiary/aromatic N) is 1. The number of urea groups is 1. The Labute approximate surface area is 159 Å². The monoisotopic (exact) mass is 398 g/mol. The van der Waals surface area contributed by atoms with Crippen LogP contribution in [-0.2, 0) is 10.3 Å². The molecule has 1 aromatic heterocycles. The van der Waals surface area contributed by atoms with Crippen LogP contribution in [0.4, 0.5) is 4.79 Å². The fourth-order valence-electron chi connectivity index (χ4n) is 2.66. The van der Waals surface area contributed by atoms with Crippen LogP contribution in [0.5, 0.6) is 5.75 Å². The average molecular weight is 399 g/mol. The highest BCUT2D eigenvalue weighted by Gasteiger charge is 2.51. The molecule has 2 aromatic rings. The first-order chi connectivity index (χ1) is 12.3. The molecule has 138 valence electrons. The van der Waals surface area contributed by atoms with E-state index in [4.69, 9.17) is 32.4 Å². The van der Waals surface area contributed by atoms with Gasteiger partial charge in [0.05, 0.1) is 22.9 Å². The van der Waals surface area contributed by atoms with E-state index >= 15 is 0 Å². The quantitative estimate of drug-likeness (QED) is 0.729. The summed E-state index contributed by atoms with van der Waals surface area (Å²) < 4.78 is 10.7. The number of nitrogens with one attached hydrogen (secondary N) is 1. The molecule has 1 aliphatic rings. The summed E-state index contributed by atoms with van der Waals surface area (Å²) in [6.45, 7) is 1.10. The van der Waals surface area contributed by atoms with Crippen molar-refractivity contribution in [1.82, 2.24) is 10.2 Å². The molecule has 0 radical (unpaired) electrons. The number of rotatable bonds is 6. The van der Waals surface area contributed by atoms with Crippen molar-refractivity contribution in [2.24, 2.45) is 0 Å². The molecule has 0 saturated carbocycles. The van der Waals surface area contributed by atoms with Crippen molar-refractivity contribution in [3.8, 4) is 5.75 Å². The SMILES string of the molecule is CC1(c2ccco2)NC(=O)N(CC(O)COc2c(Cl)cccc2Cl)C1=O. The first kappa shape index (κ1) is 18.6. The van der Waals surface area contributed by atoms with Gasteiger partial charge in [0.1, 0.15) is 18.5 Å². The van der Waals surface area contributed by atoms with Gasteiger partial charge in [-0.15, -0.1) is 0 Å². The molecule has 0 aliphatic carbocycles. The number of β-amino-alcohol motifs (C(OH)–C–C–N with tert-alkyl or cyclic N) is 1. The van der Waals surface area contributed by atoms with Crippen molar-refractivity contribution in [1.29, 1.82) is 0 Å². The van der Waals surface area contributed by atoms with E-state index in [1.54, 1.807) is 37.3 Å². The highest BCUT2D eigenvalue weighted by Crippen LogP contribution is 2.33. The maximum absolute atomic E-state index is 12.6. The van der Waals surface area contributed by atoms with Crippen molar-refractivity contribution >= 4 is 35.1 Å². The van der Waals surface area contributed by atoms with E-state index < -0.39 is 23.6 Å². The predicted molar refractivity (Wildman–Crippen MR) is 94.3 cm³/mol. The molecule has 2 unspecified atom stereocenters. The van der Waals surface area contributed by atoms with Gasteiger partial charge in [-0.1, -0.05) is 29.3 Å². The summed E-state index contributed by atoms with van der Waals surface area (Å²) in [6.07, 6.45) is 0.287. The molecule has 7 nitrogen and oxygen atoms in total. The number of hydrogen-bond donors (Lipinski definition) is 2. The number of amides is 3. The van der Waals surface area contributed by atoms with E-state index in [0.717, 1.165) is 4.90 Å². The van der Waals surface area contributed by atoms with E-state index in [2.05, 4.69) is 5.32 Å². The molecule has 1 aromatic carbocycles. The molecule has 3 rings (SSSR count). The number of halogens is 2. The zero-order valence-corrected chi connectivity index (χ0v) is 15.3. The number of carbonyl (C=O) groups excluding carboxylic acids is 2. The summed E-state index contributed by atoms with van der Waals surface area (Å²) in [4.78, 5) is 25.7. The molecule has 26 heavy (non-hydrogen) atoms. The lowest BCUT2D eigenvalue weighted by molar-refractivity contribution is -0.132. The van der Waals surface area contributed by atoms with Gasteiger partial charge in [-0.05, 0) is 31.2 Å². The maximum atomic E-state index is 12.6.